The summed E-state index contributed by atoms with van der Waals surface area (Å²) in [5.41, 5.74) is 4.43. The Balaban J connectivity index is 2.62. The highest BCUT2D eigenvalue weighted by Gasteiger charge is 2.41. The summed E-state index contributed by atoms with van der Waals surface area (Å²) >= 11 is 0. The Morgan fingerprint density at radius 2 is 2.27 bits per heavy atom. The molecule has 84 valence electrons. The van der Waals surface area contributed by atoms with E-state index >= 15 is 0 Å². The van der Waals surface area contributed by atoms with Gasteiger partial charge in [0, 0.05) is 6.42 Å². The number of hydrogen-bond acceptors (Lipinski definition) is 5. The summed E-state index contributed by atoms with van der Waals surface area (Å²) in [6, 6.07) is 0. The molecule has 1 aliphatic rings. The van der Waals surface area contributed by atoms with Gasteiger partial charge in [0.2, 0.25) is 11.8 Å². The molecule has 0 bridgehead atoms. The molecule has 0 aromatic heterocycles. The molecule has 0 aliphatic carbocycles. The molecule has 1 atom stereocenters. The molecule has 1 aliphatic heterocycles. The molecular weight excluding hydrogens is 200 g/mol. The molecule has 6 nitrogen and oxygen atoms in total. The van der Waals surface area contributed by atoms with Crippen LogP contribution in [0, 0.1) is 0 Å². The average molecular weight is 214 g/mol. The highest BCUT2D eigenvalue weighted by molar-refractivity contribution is 6.04. The Morgan fingerprint density at radius 1 is 1.60 bits per heavy atom. The molecule has 0 spiro atoms. The molecule has 0 unspecified atom stereocenters. The Kier molecular flexibility index (Phi) is 3.41. The van der Waals surface area contributed by atoms with Gasteiger partial charge in [-0.05, 0) is 13.3 Å². The topological polar surface area (TPSA) is 98.5 Å². The van der Waals surface area contributed by atoms with Crippen molar-refractivity contribution in [3.8, 4) is 0 Å². The predicted molar refractivity (Wildman–Crippen MR) is 50.6 cm³/mol. The zero-order valence-electron chi connectivity index (χ0n) is 8.54. The molecule has 2 amide bonds. The van der Waals surface area contributed by atoms with Gasteiger partial charge in [-0.25, -0.2) is 0 Å². The summed E-state index contributed by atoms with van der Waals surface area (Å²) in [5.74, 6) is -1.48. The highest BCUT2D eigenvalue weighted by atomic mass is 16.5. The van der Waals surface area contributed by atoms with Crippen LogP contribution in [0.15, 0.2) is 0 Å². The summed E-state index contributed by atoms with van der Waals surface area (Å²) < 4.78 is 4.70. The molecule has 0 saturated carbocycles. The van der Waals surface area contributed by atoms with Gasteiger partial charge >= 0.3 is 5.97 Å². The van der Waals surface area contributed by atoms with Crippen molar-refractivity contribution in [1.29, 1.82) is 0 Å². The molecule has 0 aromatic carbocycles. The van der Waals surface area contributed by atoms with Gasteiger partial charge in [-0.3, -0.25) is 19.7 Å². The van der Waals surface area contributed by atoms with Crippen molar-refractivity contribution in [3.05, 3.63) is 0 Å². The van der Waals surface area contributed by atoms with Crippen molar-refractivity contribution in [2.45, 2.75) is 31.7 Å². The average Bonchev–Trinajstić information content (AvgIpc) is 2.13. The molecular formula is C9H14N2O4. The van der Waals surface area contributed by atoms with Crippen molar-refractivity contribution in [2.24, 2.45) is 5.73 Å². The van der Waals surface area contributed by atoms with E-state index in [0.717, 1.165) is 0 Å². The Morgan fingerprint density at radius 3 is 2.80 bits per heavy atom. The van der Waals surface area contributed by atoms with Crippen molar-refractivity contribution < 1.29 is 19.1 Å². The van der Waals surface area contributed by atoms with E-state index in [-0.39, 0.29) is 31.8 Å². The third-order valence-electron chi connectivity index (χ3n) is 2.27. The van der Waals surface area contributed by atoms with E-state index in [9.17, 15) is 14.4 Å². The minimum absolute atomic E-state index is 0.154. The minimum Gasteiger partial charge on any atom is -0.466 e. The van der Waals surface area contributed by atoms with Crippen LogP contribution in [0.1, 0.15) is 26.2 Å². The molecule has 0 radical (unpaired) electrons. The zero-order valence-corrected chi connectivity index (χ0v) is 8.54. The van der Waals surface area contributed by atoms with E-state index in [4.69, 9.17) is 10.5 Å². The summed E-state index contributed by atoms with van der Waals surface area (Å²) in [6.07, 6.45) is 0.137. The Bertz CT molecular complexity index is 302. The van der Waals surface area contributed by atoms with E-state index in [1.807, 2.05) is 0 Å². The van der Waals surface area contributed by atoms with Gasteiger partial charge in [0.15, 0.2) is 0 Å². The third kappa shape index (κ3) is 2.76. The standard InChI is InChI=1S/C9H14N2O4/c1-2-15-7(13)5-9(10)4-3-6(12)11-8(9)14/h2-5,10H2,1H3,(H,11,12,14)/t9-/m0/s1. The maximum absolute atomic E-state index is 11.4. The Hall–Kier alpha value is -1.43. The van der Waals surface area contributed by atoms with Crippen LogP contribution in [0.3, 0.4) is 0 Å². The maximum atomic E-state index is 11.4. The molecule has 1 heterocycles. The molecule has 6 heteroatoms. The van der Waals surface area contributed by atoms with Crippen LogP contribution in [0.2, 0.25) is 0 Å². The fraction of sp³-hybridized carbons (Fsp3) is 0.667. The van der Waals surface area contributed by atoms with Crippen LogP contribution in [-0.2, 0) is 19.1 Å². The lowest BCUT2D eigenvalue weighted by atomic mass is 9.87. The number of nitrogens with two attached hydrogens (primary N) is 1. The van der Waals surface area contributed by atoms with Crippen LogP contribution >= 0.6 is 0 Å². The number of carbonyl (C=O) groups is 3. The van der Waals surface area contributed by atoms with Crippen molar-refractivity contribution in [2.75, 3.05) is 6.61 Å². The lowest BCUT2D eigenvalue weighted by molar-refractivity contribution is -0.149. The predicted octanol–water partition coefficient (Wildman–Crippen LogP) is -0.926. The third-order valence-corrected chi connectivity index (χ3v) is 2.27. The second kappa shape index (κ2) is 4.39. The van der Waals surface area contributed by atoms with Gasteiger partial charge in [-0.15, -0.1) is 0 Å². The normalized spacial score (nSPS) is 26.0. The smallest absolute Gasteiger partial charge is 0.308 e. The van der Waals surface area contributed by atoms with Gasteiger partial charge in [-0.1, -0.05) is 0 Å². The Labute approximate surface area is 87.1 Å². The fourth-order valence-electron chi connectivity index (χ4n) is 1.40. The quantitative estimate of drug-likeness (QED) is 0.467. The van der Waals surface area contributed by atoms with E-state index in [1.54, 1.807) is 6.92 Å². The first-order valence-electron chi connectivity index (χ1n) is 4.77. The summed E-state index contributed by atoms with van der Waals surface area (Å²) in [7, 11) is 0. The number of nitrogens with one attached hydrogen (secondary N) is 1. The van der Waals surface area contributed by atoms with E-state index in [0.29, 0.717) is 0 Å². The van der Waals surface area contributed by atoms with Gasteiger partial charge in [0.25, 0.3) is 0 Å². The van der Waals surface area contributed by atoms with Crippen molar-refractivity contribution in [3.63, 3.8) is 0 Å². The number of piperidine rings is 1. The lowest BCUT2D eigenvalue weighted by Crippen LogP contribution is -2.60. The molecule has 1 rings (SSSR count). The second-order valence-electron chi connectivity index (χ2n) is 3.52. The van der Waals surface area contributed by atoms with Crippen LogP contribution in [0.25, 0.3) is 0 Å². The second-order valence-corrected chi connectivity index (χ2v) is 3.52. The number of ether oxygens (including phenoxy) is 1. The number of amides is 2. The molecule has 0 aromatic rings. The summed E-state index contributed by atoms with van der Waals surface area (Å²) in [6.45, 7) is 1.92. The number of carbonyl (C=O) groups excluding carboxylic acids is 3. The molecule has 1 saturated heterocycles. The maximum Gasteiger partial charge on any atom is 0.308 e. The molecule has 3 N–H and O–H groups in total. The number of rotatable bonds is 3. The van der Waals surface area contributed by atoms with E-state index < -0.39 is 17.4 Å². The van der Waals surface area contributed by atoms with Gasteiger partial charge in [-0.2, -0.15) is 0 Å². The number of imide groups is 1. The lowest BCUT2D eigenvalue weighted by Gasteiger charge is -2.30. The first kappa shape index (κ1) is 11.6. The number of esters is 1. The van der Waals surface area contributed by atoms with Gasteiger partial charge in [0.1, 0.15) is 5.54 Å². The molecule has 15 heavy (non-hydrogen) atoms. The van der Waals surface area contributed by atoms with Crippen LogP contribution < -0.4 is 11.1 Å². The molecule has 1 fully saturated rings. The van der Waals surface area contributed by atoms with Crippen LogP contribution in [-0.4, -0.2) is 29.9 Å². The van der Waals surface area contributed by atoms with Crippen LogP contribution in [0.4, 0.5) is 0 Å². The number of hydrogen-bond donors (Lipinski definition) is 2. The fourth-order valence-corrected chi connectivity index (χ4v) is 1.40. The SMILES string of the molecule is CCOC(=O)C[C@@]1(N)CCC(=O)NC1=O. The van der Waals surface area contributed by atoms with Crippen molar-refractivity contribution in [1.82, 2.24) is 5.32 Å². The summed E-state index contributed by atoms with van der Waals surface area (Å²) in [4.78, 5) is 33.4. The van der Waals surface area contributed by atoms with Crippen LogP contribution in [0.5, 0.6) is 0 Å². The zero-order chi connectivity index (χ0) is 11.5. The largest absolute Gasteiger partial charge is 0.466 e. The van der Waals surface area contributed by atoms with E-state index in [1.165, 1.54) is 0 Å². The van der Waals surface area contributed by atoms with Crippen molar-refractivity contribution >= 4 is 17.8 Å². The summed E-state index contributed by atoms with van der Waals surface area (Å²) in [5, 5.41) is 2.11. The van der Waals surface area contributed by atoms with E-state index in [2.05, 4.69) is 5.32 Å². The van der Waals surface area contributed by atoms with Gasteiger partial charge in [0.05, 0.1) is 13.0 Å². The monoisotopic (exact) mass is 214 g/mol. The van der Waals surface area contributed by atoms with Gasteiger partial charge < -0.3 is 10.5 Å². The highest BCUT2D eigenvalue weighted by Crippen LogP contribution is 2.19. The first-order valence-corrected chi connectivity index (χ1v) is 4.77. The minimum atomic E-state index is -1.31. The first-order chi connectivity index (χ1) is 6.98.